The van der Waals surface area contributed by atoms with Crippen LogP contribution in [0.3, 0.4) is 0 Å². The van der Waals surface area contributed by atoms with Gasteiger partial charge in [0.2, 0.25) is 0 Å². The lowest BCUT2D eigenvalue weighted by atomic mass is 10.2. The van der Waals surface area contributed by atoms with Crippen LogP contribution in [0.5, 0.6) is 0 Å². The van der Waals surface area contributed by atoms with Crippen LogP contribution in [-0.4, -0.2) is 33.0 Å². The maximum atomic E-state index is 11.0. The van der Waals surface area contributed by atoms with Gasteiger partial charge in [0.25, 0.3) is 0 Å². The van der Waals surface area contributed by atoms with Crippen LogP contribution in [0.2, 0.25) is 0 Å². The van der Waals surface area contributed by atoms with E-state index in [0.717, 1.165) is 0 Å². The molecule has 0 saturated heterocycles. The molecule has 1 aromatic heterocycles. The highest BCUT2D eigenvalue weighted by Crippen LogP contribution is 2.44. The number of hydrogen-bond donors (Lipinski definition) is 1. The maximum absolute atomic E-state index is 11.0. The van der Waals surface area contributed by atoms with Crippen molar-refractivity contribution in [3.8, 4) is 0 Å². The van der Waals surface area contributed by atoms with E-state index < -0.39 is 11.5 Å². The molecule has 0 amide bonds. The molecule has 0 bridgehead atoms. The molecule has 0 aliphatic heterocycles. The lowest BCUT2D eigenvalue weighted by molar-refractivity contribution is -0.142. The largest absolute Gasteiger partial charge is 0.479 e. The molecular formula is C8H11N3O3. The maximum Gasteiger partial charge on any atom is 0.329 e. The van der Waals surface area contributed by atoms with Crippen LogP contribution >= 0.6 is 0 Å². The number of carboxylic acids is 1. The molecule has 6 nitrogen and oxygen atoms in total. The number of rotatable bonds is 4. The molecule has 1 heterocycles. The molecule has 0 atom stereocenters. The topological polar surface area (TPSA) is 77.2 Å². The average molecular weight is 197 g/mol. The van der Waals surface area contributed by atoms with Gasteiger partial charge in [-0.25, -0.2) is 4.79 Å². The summed E-state index contributed by atoms with van der Waals surface area (Å²) >= 11 is 0. The van der Waals surface area contributed by atoms with E-state index in [0.29, 0.717) is 18.7 Å². The van der Waals surface area contributed by atoms with E-state index in [1.807, 2.05) is 0 Å². The molecule has 0 unspecified atom stereocenters. The van der Waals surface area contributed by atoms with Gasteiger partial charge >= 0.3 is 5.97 Å². The Morgan fingerprint density at radius 1 is 1.79 bits per heavy atom. The van der Waals surface area contributed by atoms with Crippen LogP contribution in [0.25, 0.3) is 0 Å². The van der Waals surface area contributed by atoms with Gasteiger partial charge in [0, 0.05) is 7.11 Å². The smallest absolute Gasteiger partial charge is 0.329 e. The van der Waals surface area contributed by atoms with Crippen molar-refractivity contribution >= 4 is 5.97 Å². The van der Waals surface area contributed by atoms with E-state index in [4.69, 9.17) is 9.84 Å². The van der Waals surface area contributed by atoms with Gasteiger partial charge in [0.05, 0.1) is 0 Å². The Balaban J connectivity index is 2.32. The number of nitrogens with zero attached hydrogens (tertiary/aromatic N) is 3. The summed E-state index contributed by atoms with van der Waals surface area (Å²) in [6.45, 7) is 0.287. The van der Waals surface area contributed by atoms with Gasteiger partial charge in [-0.15, -0.1) is 10.2 Å². The first-order valence-electron chi connectivity index (χ1n) is 4.32. The number of aromatic nitrogens is 3. The summed E-state index contributed by atoms with van der Waals surface area (Å²) in [6.07, 6.45) is 2.73. The molecule has 2 rings (SSSR count). The molecular weight excluding hydrogens is 186 g/mol. The van der Waals surface area contributed by atoms with Gasteiger partial charge in [-0.05, 0) is 12.8 Å². The van der Waals surface area contributed by atoms with Gasteiger partial charge in [-0.2, -0.15) is 0 Å². The lowest BCUT2D eigenvalue weighted by Crippen LogP contribution is -2.28. The molecule has 14 heavy (non-hydrogen) atoms. The van der Waals surface area contributed by atoms with Crippen molar-refractivity contribution in [2.75, 3.05) is 7.11 Å². The van der Waals surface area contributed by atoms with Crippen molar-refractivity contribution in [3.63, 3.8) is 0 Å². The summed E-state index contributed by atoms with van der Waals surface area (Å²) in [5.41, 5.74) is -0.808. The zero-order valence-electron chi connectivity index (χ0n) is 7.80. The van der Waals surface area contributed by atoms with Gasteiger partial charge < -0.3 is 9.84 Å². The Kier molecular flexibility index (Phi) is 1.99. The predicted octanol–water partition coefficient (Wildman–Crippen LogP) is -0.00180. The van der Waals surface area contributed by atoms with Crippen molar-refractivity contribution in [1.29, 1.82) is 0 Å². The first-order chi connectivity index (χ1) is 6.70. The second kappa shape index (κ2) is 3.06. The quantitative estimate of drug-likeness (QED) is 0.735. The van der Waals surface area contributed by atoms with Crippen molar-refractivity contribution in [1.82, 2.24) is 14.8 Å². The zero-order chi connectivity index (χ0) is 10.2. The number of methoxy groups -OCH3 is 1. The Labute approximate surface area is 80.5 Å². The standard InChI is InChI=1S/C8H11N3O3/c1-14-4-6-10-9-5-11(6)8(2-3-8)7(12)13/h5H,2-4H2,1H3,(H,12,13). The van der Waals surface area contributed by atoms with Crippen LogP contribution in [0, 0.1) is 0 Å². The third-order valence-corrected chi connectivity index (χ3v) is 2.47. The normalized spacial score (nSPS) is 18.1. The van der Waals surface area contributed by atoms with E-state index in [-0.39, 0.29) is 6.61 Å². The molecule has 0 radical (unpaired) electrons. The highest BCUT2D eigenvalue weighted by Gasteiger charge is 2.53. The summed E-state index contributed by atoms with van der Waals surface area (Å²) in [6, 6.07) is 0. The highest BCUT2D eigenvalue weighted by atomic mass is 16.5. The molecule has 1 aliphatic carbocycles. The van der Waals surface area contributed by atoms with Crippen molar-refractivity contribution in [2.24, 2.45) is 0 Å². The fourth-order valence-corrected chi connectivity index (χ4v) is 1.52. The molecule has 1 aliphatic rings. The molecule has 6 heteroatoms. The fraction of sp³-hybridized carbons (Fsp3) is 0.625. The van der Waals surface area contributed by atoms with Gasteiger partial charge in [-0.1, -0.05) is 0 Å². The minimum Gasteiger partial charge on any atom is -0.479 e. The third-order valence-electron chi connectivity index (χ3n) is 2.47. The molecule has 0 spiro atoms. The molecule has 1 saturated carbocycles. The lowest BCUT2D eigenvalue weighted by Gasteiger charge is -2.13. The van der Waals surface area contributed by atoms with Gasteiger partial charge in [-0.3, -0.25) is 4.57 Å². The van der Waals surface area contributed by atoms with Crippen LogP contribution in [0.15, 0.2) is 6.33 Å². The summed E-state index contributed by atoms with van der Waals surface area (Å²) in [7, 11) is 1.54. The Morgan fingerprint density at radius 3 is 3.00 bits per heavy atom. The number of ether oxygens (including phenoxy) is 1. The van der Waals surface area contributed by atoms with Crippen LogP contribution in [-0.2, 0) is 21.7 Å². The molecule has 76 valence electrons. The fourth-order valence-electron chi connectivity index (χ4n) is 1.52. The third kappa shape index (κ3) is 1.19. The van der Waals surface area contributed by atoms with Crippen LogP contribution < -0.4 is 0 Å². The number of carboxylic acid groups (broad SMARTS) is 1. The molecule has 1 aromatic rings. The second-order valence-electron chi connectivity index (χ2n) is 3.39. The number of carbonyl (C=O) groups is 1. The van der Waals surface area contributed by atoms with E-state index >= 15 is 0 Å². The van der Waals surface area contributed by atoms with Crippen LogP contribution in [0.1, 0.15) is 18.7 Å². The minimum atomic E-state index is -0.824. The summed E-state index contributed by atoms with van der Waals surface area (Å²) in [5, 5.41) is 16.6. The SMILES string of the molecule is COCc1nncn1C1(C(=O)O)CC1. The zero-order valence-corrected chi connectivity index (χ0v) is 7.80. The van der Waals surface area contributed by atoms with E-state index in [2.05, 4.69) is 10.2 Å². The van der Waals surface area contributed by atoms with E-state index in [1.165, 1.54) is 6.33 Å². The second-order valence-corrected chi connectivity index (χ2v) is 3.39. The predicted molar refractivity (Wildman–Crippen MR) is 45.6 cm³/mol. The van der Waals surface area contributed by atoms with E-state index in [9.17, 15) is 4.79 Å². The Hall–Kier alpha value is -1.43. The summed E-state index contributed by atoms with van der Waals surface area (Å²) in [5.74, 6) is -0.262. The van der Waals surface area contributed by atoms with Crippen molar-refractivity contribution in [2.45, 2.75) is 25.0 Å². The number of aliphatic carboxylic acids is 1. The first kappa shape index (κ1) is 9.14. The van der Waals surface area contributed by atoms with E-state index in [1.54, 1.807) is 11.7 Å². The Bertz CT molecular complexity index is 356. The monoisotopic (exact) mass is 197 g/mol. The highest BCUT2D eigenvalue weighted by molar-refractivity contribution is 5.80. The number of hydrogen-bond acceptors (Lipinski definition) is 4. The van der Waals surface area contributed by atoms with Gasteiger partial charge in [0.1, 0.15) is 18.5 Å². The van der Waals surface area contributed by atoms with Crippen molar-refractivity contribution < 1.29 is 14.6 Å². The molecule has 1 fully saturated rings. The van der Waals surface area contributed by atoms with Crippen molar-refractivity contribution in [3.05, 3.63) is 12.2 Å². The molecule has 0 aromatic carbocycles. The minimum absolute atomic E-state index is 0.287. The first-order valence-corrected chi connectivity index (χ1v) is 4.32. The summed E-state index contributed by atoms with van der Waals surface area (Å²) in [4.78, 5) is 11.0. The van der Waals surface area contributed by atoms with Crippen LogP contribution in [0.4, 0.5) is 0 Å². The summed E-state index contributed by atoms with van der Waals surface area (Å²) < 4.78 is 6.51. The van der Waals surface area contributed by atoms with Gasteiger partial charge in [0.15, 0.2) is 5.82 Å². The Morgan fingerprint density at radius 2 is 2.50 bits per heavy atom. The molecule has 1 N–H and O–H groups in total. The average Bonchev–Trinajstić information content (AvgIpc) is 2.83.